The fourth-order valence-corrected chi connectivity index (χ4v) is 7.07. The van der Waals surface area contributed by atoms with Crippen molar-refractivity contribution >= 4 is 44.8 Å². The number of nitrogens with one attached hydrogen (secondary N) is 2. The summed E-state index contributed by atoms with van der Waals surface area (Å²) >= 11 is 0. The number of nitrogens with two attached hydrogens (primary N) is 2. The summed E-state index contributed by atoms with van der Waals surface area (Å²) in [6.07, 6.45) is 0.571. The van der Waals surface area contributed by atoms with E-state index < -0.39 is 0 Å². The van der Waals surface area contributed by atoms with Gasteiger partial charge in [-0.25, -0.2) is 10.8 Å². The number of hydrogen-bond acceptors (Lipinski definition) is 13. The van der Waals surface area contributed by atoms with Crippen molar-refractivity contribution < 1.29 is 28.1 Å². The smallest absolute Gasteiger partial charge is 0.193 e. The molecule has 1 aliphatic rings. The summed E-state index contributed by atoms with van der Waals surface area (Å²) in [6.45, 7) is 5.71. The lowest BCUT2D eigenvalue weighted by atomic mass is 9.96. The molecule has 0 aliphatic carbocycles. The Morgan fingerprint density at radius 1 is 0.797 bits per heavy atom. The van der Waals surface area contributed by atoms with Gasteiger partial charge in [-0.3, -0.25) is 4.79 Å². The average molecular weight is 804 g/mol. The Balaban J connectivity index is 0.736. The van der Waals surface area contributed by atoms with Gasteiger partial charge < -0.3 is 54.0 Å². The van der Waals surface area contributed by atoms with Crippen LogP contribution in [-0.4, -0.2) is 102 Å². The molecule has 6 aromatic rings. The minimum Gasteiger partial charge on any atom is -0.453 e. The van der Waals surface area contributed by atoms with E-state index in [4.69, 9.17) is 44.7 Å². The van der Waals surface area contributed by atoms with Crippen LogP contribution in [0.4, 0.5) is 11.4 Å². The fraction of sp³-hybridized carbons (Fsp3) is 0.333. The van der Waals surface area contributed by atoms with E-state index in [-0.39, 0.29) is 5.43 Å². The number of aromatic amines is 1. The summed E-state index contributed by atoms with van der Waals surface area (Å²) in [5, 5.41) is 5.27. The number of nitrogens with zero attached hydrogens (tertiary/aromatic N) is 3. The number of fused-ring (bicyclic) bond motifs is 5. The SMILES string of the molecule is CNc1ccc(-c2cc(=O)c3ccc4[nH]c(CCOCCOCCOCCOCCOCCN(N)/C5=C(\N)c6ccccc6N(C)Cc6ccccc65)nc4c3o2)cc1. The van der Waals surface area contributed by atoms with E-state index in [1.807, 2.05) is 67.7 Å². The van der Waals surface area contributed by atoms with Crippen LogP contribution in [0.25, 0.3) is 44.7 Å². The van der Waals surface area contributed by atoms with E-state index in [2.05, 4.69) is 40.4 Å². The molecule has 2 aromatic heterocycles. The van der Waals surface area contributed by atoms with Gasteiger partial charge in [0.2, 0.25) is 0 Å². The lowest BCUT2D eigenvalue weighted by Crippen LogP contribution is -2.36. The maximum Gasteiger partial charge on any atom is 0.193 e. The number of aromatic nitrogens is 2. The fourth-order valence-electron chi connectivity index (χ4n) is 7.07. The molecule has 6 N–H and O–H groups in total. The summed E-state index contributed by atoms with van der Waals surface area (Å²) in [7, 11) is 3.93. The predicted molar refractivity (Wildman–Crippen MR) is 232 cm³/mol. The summed E-state index contributed by atoms with van der Waals surface area (Å²) in [5.74, 6) is 7.87. The molecule has 4 aromatic carbocycles. The van der Waals surface area contributed by atoms with Crippen molar-refractivity contribution in [2.45, 2.75) is 13.0 Å². The molecule has 59 heavy (non-hydrogen) atoms. The van der Waals surface area contributed by atoms with E-state index in [0.29, 0.717) is 107 Å². The number of anilines is 2. The van der Waals surface area contributed by atoms with Crippen LogP contribution in [0, 0.1) is 0 Å². The van der Waals surface area contributed by atoms with Gasteiger partial charge in [0.15, 0.2) is 11.0 Å². The van der Waals surface area contributed by atoms with Crippen LogP contribution < -0.4 is 27.2 Å². The first kappa shape index (κ1) is 41.4. The molecule has 310 valence electrons. The zero-order valence-corrected chi connectivity index (χ0v) is 33.7. The van der Waals surface area contributed by atoms with Crippen LogP contribution >= 0.6 is 0 Å². The Bertz CT molecular complexity index is 2400. The third kappa shape index (κ3) is 10.3. The minimum atomic E-state index is -0.112. The lowest BCUT2D eigenvalue weighted by Gasteiger charge is -2.32. The number of para-hydroxylation sites is 1. The quantitative estimate of drug-likeness (QED) is 0.0402. The summed E-state index contributed by atoms with van der Waals surface area (Å²) < 4.78 is 34.8. The second kappa shape index (κ2) is 20.3. The van der Waals surface area contributed by atoms with Gasteiger partial charge in [-0.05, 0) is 48.0 Å². The van der Waals surface area contributed by atoms with Crippen molar-refractivity contribution in [3.63, 3.8) is 0 Å². The maximum absolute atomic E-state index is 12.9. The number of ether oxygens (including phenoxy) is 5. The highest BCUT2D eigenvalue weighted by molar-refractivity contribution is 6.00. The van der Waals surface area contributed by atoms with Gasteiger partial charge in [0.25, 0.3) is 0 Å². The molecule has 0 saturated heterocycles. The standard InChI is InChI=1S/C45H53N7O7/c1-48-33-13-11-31(12-14-33)40-29-39(53)36-15-16-37-43(45(36)59-40)50-41(49-37)17-19-54-21-23-56-25-27-58-28-26-57-24-22-55-20-18-52(47)44-34-8-4-3-7-32(34)30-51(2)38-10-6-5-9-35(38)42(44)46/h3-16,29,48H,17-28,30,46-47H2,1-2H3,(H,49,50)/b44-42-. The number of rotatable bonds is 21. The van der Waals surface area contributed by atoms with Crippen molar-refractivity contribution in [1.29, 1.82) is 0 Å². The Hall–Kier alpha value is -5.74. The van der Waals surface area contributed by atoms with E-state index in [0.717, 1.165) is 57.2 Å². The first-order valence-electron chi connectivity index (χ1n) is 19.9. The number of hydrogen-bond donors (Lipinski definition) is 4. The summed E-state index contributed by atoms with van der Waals surface area (Å²) in [6, 6.07) is 29.2. The molecule has 14 heteroatoms. The molecule has 0 atom stereocenters. The second-order valence-corrected chi connectivity index (χ2v) is 14.1. The van der Waals surface area contributed by atoms with Crippen molar-refractivity contribution in [1.82, 2.24) is 15.0 Å². The molecular formula is C45H53N7O7. The van der Waals surface area contributed by atoms with E-state index in [1.165, 1.54) is 6.07 Å². The average Bonchev–Trinajstić information content (AvgIpc) is 3.68. The van der Waals surface area contributed by atoms with Crippen molar-refractivity contribution in [2.75, 3.05) is 96.9 Å². The van der Waals surface area contributed by atoms with Crippen molar-refractivity contribution in [3.05, 3.63) is 124 Å². The monoisotopic (exact) mass is 803 g/mol. The van der Waals surface area contributed by atoms with Crippen LogP contribution in [0.2, 0.25) is 0 Å². The molecule has 0 saturated carbocycles. The van der Waals surface area contributed by atoms with Crippen LogP contribution in [0.5, 0.6) is 0 Å². The van der Waals surface area contributed by atoms with Crippen LogP contribution in [-0.2, 0) is 36.6 Å². The summed E-state index contributed by atoms with van der Waals surface area (Å²) in [5.41, 5.74) is 16.0. The third-order valence-corrected chi connectivity index (χ3v) is 10.1. The highest BCUT2D eigenvalue weighted by atomic mass is 16.6. The second-order valence-electron chi connectivity index (χ2n) is 14.1. The molecule has 1 aliphatic heterocycles. The van der Waals surface area contributed by atoms with Crippen LogP contribution in [0.3, 0.4) is 0 Å². The third-order valence-electron chi connectivity index (χ3n) is 10.1. The number of H-pyrrole nitrogens is 1. The molecule has 3 heterocycles. The molecule has 7 rings (SSSR count). The molecule has 0 radical (unpaired) electrons. The van der Waals surface area contributed by atoms with E-state index >= 15 is 0 Å². The zero-order chi connectivity index (χ0) is 41.0. The number of imidazole rings is 1. The molecule has 0 fully saturated rings. The highest BCUT2D eigenvalue weighted by Crippen LogP contribution is 2.35. The number of benzene rings is 4. The zero-order valence-electron chi connectivity index (χ0n) is 33.7. The molecular weight excluding hydrogens is 751 g/mol. The van der Waals surface area contributed by atoms with Crippen molar-refractivity contribution in [2.24, 2.45) is 11.6 Å². The predicted octanol–water partition coefficient (Wildman–Crippen LogP) is 5.61. The lowest BCUT2D eigenvalue weighted by molar-refractivity contribution is -0.0114. The topological polar surface area (TPSA) is 176 Å². The van der Waals surface area contributed by atoms with Gasteiger partial charge >= 0.3 is 0 Å². The normalized spacial score (nSPS) is 14.0. The maximum atomic E-state index is 12.9. The highest BCUT2D eigenvalue weighted by Gasteiger charge is 2.23. The van der Waals surface area contributed by atoms with Gasteiger partial charge in [0.05, 0.1) is 94.9 Å². The Morgan fingerprint density at radius 2 is 1.42 bits per heavy atom. The summed E-state index contributed by atoms with van der Waals surface area (Å²) in [4.78, 5) is 23.2. The molecule has 0 amide bonds. The van der Waals surface area contributed by atoms with Gasteiger partial charge in [-0.1, -0.05) is 42.5 Å². The van der Waals surface area contributed by atoms with Gasteiger partial charge in [-0.2, -0.15) is 0 Å². The van der Waals surface area contributed by atoms with E-state index in [9.17, 15) is 4.79 Å². The van der Waals surface area contributed by atoms with E-state index in [1.54, 1.807) is 11.1 Å². The molecule has 0 bridgehead atoms. The Kier molecular flexibility index (Phi) is 14.2. The van der Waals surface area contributed by atoms with Gasteiger partial charge in [0, 0.05) is 61.2 Å². The molecule has 14 nitrogen and oxygen atoms in total. The molecule has 0 unspecified atom stereocenters. The first-order valence-corrected chi connectivity index (χ1v) is 19.9. The Labute approximate surface area is 343 Å². The largest absolute Gasteiger partial charge is 0.453 e. The Morgan fingerprint density at radius 3 is 2.12 bits per heavy atom. The van der Waals surface area contributed by atoms with Gasteiger partial charge in [-0.15, -0.1) is 0 Å². The first-order chi connectivity index (χ1) is 28.9. The van der Waals surface area contributed by atoms with Crippen molar-refractivity contribution in [3.8, 4) is 11.3 Å². The van der Waals surface area contributed by atoms with Crippen LogP contribution in [0.1, 0.15) is 22.5 Å². The van der Waals surface area contributed by atoms with Crippen LogP contribution in [0.15, 0.2) is 100 Å². The minimum absolute atomic E-state index is 0.112. The number of hydrazine groups is 1. The molecule has 0 spiro atoms. The van der Waals surface area contributed by atoms with Gasteiger partial charge in [0.1, 0.15) is 17.1 Å².